The van der Waals surface area contributed by atoms with Gasteiger partial charge >= 0.3 is 6.18 Å². The molecule has 6 nitrogen and oxygen atoms in total. The number of amides is 2. The topological polar surface area (TPSA) is 71.4 Å². The van der Waals surface area contributed by atoms with Gasteiger partial charge in [0.05, 0.1) is 16.6 Å². The maximum atomic E-state index is 12.9. The van der Waals surface area contributed by atoms with Crippen molar-refractivity contribution in [3.63, 3.8) is 0 Å². The Morgan fingerprint density at radius 1 is 0.969 bits per heavy atom. The van der Waals surface area contributed by atoms with Crippen molar-refractivity contribution in [3.8, 4) is 0 Å². The average molecular weight is 443 g/mol. The quantitative estimate of drug-likeness (QED) is 0.665. The van der Waals surface area contributed by atoms with Gasteiger partial charge in [-0.1, -0.05) is 24.3 Å². The lowest BCUT2D eigenvalue weighted by Crippen LogP contribution is -2.32. The van der Waals surface area contributed by atoms with Crippen LogP contribution in [-0.4, -0.2) is 34.4 Å². The highest BCUT2D eigenvalue weighted by atomic mass is 19.4. The molecule has 1 saturated heterocycles. The fraction of sp³-hybridized carbons (Fsp3) is 0.261. The first-order chi connectivity index (χ1) is 15.2. The average Bonchev–Trinajstić information content (AvgIpc) is 3.29. The zero-order chi connectivity index (χ0) is 22.9. The third kappa shape index (κ3) is 4.37. The maximum absolute atomic E-state index is 12.9. The summed E-state index contributed by atoms with van der Waals surface area (Å²) in [6.45, 7) is 0.860. The molecule has 2 amide bonds. The Morgan fingerprint density at radius 3 is 2.41 bits per heavy atom. The molecule has 9 heteroatoms. The Balaban J connectivity index is 1.63. The minimum Gasteiger partial charge on any atom is -0.339 e. The molecule has 0 aliphatic carbocycles. The van der Waals surface area contributed by atoms with Gasteiger partial charge in [0.2, 0.25) is 5.91 Å². The van der Waals surface area contributed by atoms with Crippen LogP contribution in [0.15, 0.2) is 59.4 Å². The lowest BCUT2D eigenvalue weighted by molar-refractivity contribution is -0.137. The number of benzene rings is 2. The molecule has 1 aliphatic rings. The van der Waals surface area contributed by atoms with E-state index in [-0.39, 0.29) is 17.2 Å². The third-order valence-corrected chi connectivity index (χ3v) is 5.42. The number of anilines is 1. The van der Waals surface area contributed by atoms with E-state index in [0.29, 0.717) is 24.0 Å². The number of fused-ring (bicyclic) bond motifs is 1. The van der Waals surface area contributed by atoms with Crippen LogP contribution in [0.3, 0.4) is 0 Å². The van der Waals surface area contributed by atoms with E-state index < -0.39 is 29.8 Å². The minimum atomic E-state index is -4.54. The molecule has 0 spiro atoms. The first-order valence-electron chi connectivity index (χ1n) is 10.1. The Hall–Kier alpha value is -3.62. The van der Waals surface area contributed by atoms with Crippen LogP contribution in [0.2, 0.25) is 0 Å². The molecule has 0 saturated carbocycles. The molecule has 1 N–H and O–H groups in total. The second-order valence-electron chi connectivity index (χ2n) is 7.63. The standard InChI is InChI=1S/C23H20F3N3O3/c24-23(25,26)15-6-5-7-16(12-15)27-20(30)14-29-19-9-2-1-8-17(19)18(13-21(29)31)22(32)28-10-3-4-11-28/h1-2,5-9,12-13H,3-4,10-11,14H2,(H,27,30). The summed E-state index contributed by atoms with van der Waals surface area (Å²) in [7, 11) is 0. The number of pyridine rings is 1. The van der Waals surface area contributed by atoms with Crippen molar-refractivity contribution >= 4 is 28.4 Å². The van der Waals surface area contributed by atoms with Crippen LogP contribution in [0, 0.1) is 0 Å². The Morgan fingerprint density at radius 2 is 1.69 bits per heavy atom. The Labute approximate surface area is 181 Å². The number of alkyl halides is 3. The lowest BCUT2D eigenvalue weighted by atomic mass is 10.1. The van der Waals surface area contributed by atoms with Gasteiger partial charge < -0.3 is 10.2 Å². The number of likely N-dealkylation sites (tertiary alicyclic amines) is 1. The normalized spacial score (nSPS) is 14.0. The predicted molar refractivity (Wildman–Crippen MR) is 113 cm³/mol. The summed E-state index contributed by atoms with van der Waals surface area (Å²) in [5.74, 6) is -0.883. The molecule has 2 aromatic carbocycles. The number of carbonyl (C=O) groups excluding carboxylic acids is 2. The van der Waals surface area contributed by atoms with Crippen LogP contribution >= 0.6 is 0 Å². The van der Waals surface area contributed by atoms with E-state index in [4.69, 9.17) is 0 Å². The number of hydrogen-bond donors (Lipinski definition) is 1. The van der Waals surface area contributed by atoms with E-state index in [1.807, 2.05) is 0 Å². The van der Waals surface area contributed by atoms with Gasteiger partial charge in [-0.25, -0.2) is 0 Å². The van der Waals surface area contributed by atoms with Gasteiger partial charge in [-0.3, -0.25) is 19.0 Å². The lowest BCUT2D eigenvalue weighted by Gasteiger charge is -2.18. The van der Waals surface area contributed by atoms with Crippen LogP contribution < -0.4 is 10.9 Å². The molecular weight excluding hydrogens is 423 g/mol. The molecule has 0 radical (unpaired) electrons. The van der Waals surface area contributed by atoms with Crippen molar-refractivity contribution < 1.29 is 22.8 Å². The highest BCUT2D eigenvalue weighted by molar-refractivity contribution is 6.06. The molecule has 32 heavy (non-hydrogen) atoms. The summed E-state index contributed by atoms with van der Waals surface area (Å²) in [4.78, 5) is 40.0. The first kappa shape index (κ1) is 21.6. The minimum absolute atomic E-state index is 0.0250. The van der Waals surface area contributed by atoms with E-state index in [2.05, 4.69) is 5.32 Å². The summed E-state index contributed by atoms with van der Waals surface area (Å²) >= 11 is 0. The fourth-order valence-corrected chi connectivity index (χ4v) is 3.88. The largest absolute Gasteiger partial charge is 0.416 e. The molecule has 0 bridgehead atoms. The van der Waals surface area contributed by atoms with Gasteiger partial charge in [-0.2, -0.15) is 13.2 Å². The van der Waals surface area contributed by atoms with Crippen LogP contribution in [0.1, 0.15) is 28.8 Å². The molecule has 4 rings (SSSR count). The predicted octanol–water partition coefficient (Wildman–Crippen LogP) is 3.90. The summed E-state index contributed by atoms with van der Waals surface area (Å²) in [5.41, 5.74) is -0.764. The second-order valence-corrected chi connectivity index (χ2v) is 7.63. The van der Waals surface area contributed by atoms with E-state index >= 15 is 0 Å². The smallest absolute Gasteiger partial charge is 0.339 e. The summed E-state index contributed by atoms with van der Waals surface area (Å²) in [6.07, 6.45) is -2.71. The number of para-hydroxylation sites is 1. The SMILES string of the molecule is O=C(Cn1c(=O)cc(C(=O)N2CCCC2)c2ccccc21)Nc1cccc(C(F)(F)F)c1. The van der Waals surface area contributed by atoms with Crippen molar-refractivity contribution in [2.24, 2.45) is 0 Å². The van der Waals surface area contributed by atoms with Gasteiger partial charge in [0.1, 0.15) is 6.54 Å². The van der Waals surface area contributed by atoms with E-state index in [1.165, 1.54) is 22.8 Å². The number of aromatic nitrogens is 1. The molecule has 3 aromatic rings. The van der Waals surface area contributed by atoms with E-state index in [9.17, 15) is 27.6 Å². The number of hydrogen-bond acceptors (Lipinski definition) is 3. The Kier molecular flexibility index (Phi) is 5.73. The van der Waals surface area contributed by atoms with Crippen molar-refractivity contribution in [1.29, 1.82) is 0 Å². The molecule has 0 atom stereocenters. The molecule has 1 aliphatic heterocycles. The molecule has 0 unspecified atom stereocenters. The highest BCUT2D eigenvalue weighted by Crippen LogP contribution is 2.30. The van der Waals surface area contributed by atoms with Gasteiger partial charge in [-0.15, -0.1) is 0 Å². The summed E-state index contributed by atoms with van der Waals surface area (Å²) in [6, 6.07) is 12.3. The van der Waals surface area contributed by atoms with Gasteiger partial charge in [-0.05, 0) is 37.1 Å². The zero-order valence-corrected chi connectivity index (χ0v) is 17.0. The summed E-state index contributed by atoms with van der Waals surface area (Å²) in [5, 5.41) is 2.94. The monoisotopic (exact) mass is 443 g/mol. The zero-order valence-electron chi connectivity index (χ0n) is 17.0. The van der Waals surface area contributed by atoms with Gasteiger partial charge in [0.25, 0.3) is 11.5 Å². The van der Waals surface area contributed by atoms with Crippen molar-refractivity contribution in [3.05, 3.63) is 76.1 Å². The van der Waals surface area contributed by atoms with Crippen LogP contribution in [-0.2, 0) is 17.5 Å². The van der Waals surface area contributed by atoms with Crippen molar-refractivity contribution in [2.45, 2.75) is 25.6 Å². The Bertz CT molecular complexity index is 1240. The van der Waals surface area contributed by atoms with Crippen LogP contribution in [0.5, 0.6) is 0 Å². The van der Waals surface area contributed by atoms with Crippen molar-refractivity contribution in [2.75, 3.05) is 18.4 Å². The van der Waals surface area contributed by atoms with Gasteiger partial charge in [0.15, 0.2) is 0 Å². The van der Waals surface area contributed by atoms with Crippen LogP contribution in [0.4, 0.5) is 18.9 Å². The number of carbonyl (C=O) groups is 2. The van der Waals surface area contributed by atoms with E-state index in [1.54, 1.807) is 29.2 Å². The van der Waals surface area contributed by atoms with Crippen molar-refractivity contribution in [1.82, 2.24) is 9.47 Å². The van der Waals surface area contributed by atoms with Crippen LogP contribution in [0.25, 0.3) is 10.9 Å². The van der Waals surface area contributed by atoms with Gasteiger partial charge in [0, 0.05) is 30.2 Å². The molecule has 1 fully saturated rings. The van der Waals surface area contributed by atoms with E-state index in [0.717, 1.165) is 25.0 Å². The molecule has 166 valence electrons. The second kappa shape index (κ2) is 8.49. The number of rotatable bonds is 4. The molecule has 2 heterocycles. The molecule has 1 aromatic heterocycles. The number of nitrogens with zero attached hydrogens (tertiary/aromatic N) is 2. The number of halogens is 3. The fourth-order valence-electron chi connectivity index (χ4n) is 3.88. The highest BCUT2D eigenvalue weighted by Gasteiger charge is 2.30. The number of nitrogens with one attached hydrogen (secondary N) is 1. The maximum Gasteiger partial charge on any atom is 0.416 e. The molecular formula is C23H20F3N3O3. The third-order valence-electron chi connectivity index (χ3n) is 5.42. The first-order valence-corrected chi connectivity index (χ1v) is 10.1. The summed E-state index contributed by atoms with van der Waals surface area (Å²) < 4.78 is 39.9.